The van der Waals surface area contributed by atoms with Crippen LogP contribution in [0.15, 0.2) is 48.7 Å². The fraction of sp³-hybridized carbons (Fsp3) is 0.500. The third kappa shape index (κ3) is 3.40. The number of benzene rings is 2. The molecule has 0 spiro atoms. The Morgan fingerprint density at radius 1 is 1.00 bits per heavy atom. The third-order valence-electron chi connectivity index (χ3n) is 8.54. The van der Waals surface area contributed by atoms with Gasteiger partial charge in [-0.2, -0.15) is 0 Å². The van der Waals surface area contributed by atoms with Gasteiger partial charge in [0.05, 0.1) is 6.54 Å². The average molecular weight is 451 g/mol. The minimum absolute atomic E-state index is 0.245. The zero-order valence-corrected chi connectivity index (χ0v) is 19.8. The maximum atomic E-state index is 14.5. The molecule has 4 aliphatic carbocycles. The predicted molar refractivity (Wildman–Crippen MR) is 129 cm³/mol. The van der Waals surface area contributed by atoms with E-state index >= 15 is 0 Å². The first-order valence-electron chi connectivity index (χ1n) is 12.0. The zero-order valence-electron chi connectivity index (χ0n) is 19.1. The van der Waals surface area contributed by atoms with Crippen molar-refractivity contribution in [2.45, 2.75) is 71.0 Å². The minimum Gasteiger partial charge on any atom is -0.343 e. The second-order valence-corrected chi connectivity index (χ2v) is 12.2. The first kappa shape index (κ1) is 20.7. The van der Waals surface area contributed by atoms with E-state index in [9.17, 15) is 4.39 Å². The van der Waals surface area contributed by atoms with Crippen molar-refractivity contribution >= 4 is 22.5 Å². The van der Waals surface area contributed by atoms with Crippen molar-refractivity contribution in [3.05, 3.63) is 70.6 Å². The molecular formula is C28H32ClFN2. The molecule has 32 heavy (non-hydrogen) atoms. The molecule has 4 heteroatoms. The van der Waals surface area contributed by atoms with E-state index in [4.69, 9.17) is 11.6 Å². The molecule has 4 bridgehead atoms. The lowest BCUT2D eigenvalue weighted by molar-refractivity contribution is -0.118. The fourth-order valence-electron chi connectivity index (χ4n) is 8.38. The molecule has 4 aliphatic rings. The number of hydrogen-bond donors (Lipinski definition) is 1. The van der Waals surface area contributed by atoms with E-state index in [1.165, 1.54) is 55.5 Å². The van der Waals surface area contributed by atoms with E-state index < -0.39 is 0 Å². The Morgan fingerprint density at radius 3 is 2.47 bits per heavy atom. The molecule has 2 nitrogen and oxygen atoms in total. The van der Waals surface area contributed by atoms with Gasteiger partial charge in [0.1, 0.15) is 5.82 Å². The Labute approximate surface area is 195 Å². The normalized spacial score (nSPS) is 33.3. The van der Waals surface area contributed by atoms with Crippen molar-refractivity contribution in [1.82, 2.24) is 9.88 Å². The smallest absolute Gasteiger partial charge is 0.129 e. The van der Waals surface area contributed by atoms with E-state index in [0.717, 1.165) is 18.0 Å². The minimum atomic E-state index is -0.245. The van der Waals surface area contributed by atoms with Gasteiger partial charge in [0.25, 0.3) is 0 Å². The molecule has 7 rings (SSSR count). The molecule has 1 aromatic heterocycles. The van der Waals surface area contributed by atoms with Crippen LogP contribution < -0.4 is 5.32 Å². The summed E-state index contributed by atoms with van der Waals surface area (Å²) >= 11 is 6.34. The van der Waals surface area contributed by atoms with E-state index in [2.05, 4.69) is 54.2 Å². The number of para-hydroxylation sites is 1. The Balaban J connectivity index is 1.30. The maximum absolute atomic E-state index is 14.5. The van der Waals surface area contributed by atoms with Gasteiger partial charge in [-0.1, -0.05) is 49.7 Å². The predicted octanol–water partition coefficient (Wildman–Crippen LogP) is 7.32. The van der Waals surface area contributed by atoms with Crippen LogP contribution in [0.1, 0.15) is 63.5 Å². The lowest BCUT2D eigenvalue weighted by atomic mass is 9.43. The van der Waals surface area contributed by atoms with Gasteiger partial charge in [0.15, 0.2) is 0 Å². The summed E-state index contributed by atoms with van der Waals surface area (Å²) in [5.41, 5.74) is 4.23. The lowest BCUT2D eigenvalue weighted by Crippen LogP contribution is -2.63. The second-order valence-electron chi connectivity index (χ2n) is 11.8. The van der Waals surface area contributed by atoms with Crippen molar-refractivity contribution in [2.24, 2.45) is 16.7 Å². The van der Waals surface area contributed by atoms with Crippen LogP contribution in [0.3, 0.4) is 0 Å². The van der Waals surface area contributed by atoms with Gasteiger partial charge in [-0.25, -0.2) is 4.39 Å². The van der Waals surface area contributed by atoms with Crippen LogP contribution in [0, 0.1) is 22.6 Å². The van der Waals surface area contributed by atoms with Gasteiger partial charge >= 0.3 is 0 Å². The topological polar surface area (TPSA) is 17.0 Å². The van der Waals surface area contributed by atoms with E-state index in [-0.39, 0.29) is 11.4 Å². The first-order chi connectivity index (χ1) is 15.3. The summed E-state index contributed by atoms with van der Waals surface area (Å²) in [6.45, 7) is 6.35. The molecule has 4 fully saturated rings. The molecular weight excluding hydrogens is 419 g/mol. The number of halogens is 2. The first-order valence-corrected chi connectivity index (χ1v) is 12.4. The van der Waals surface area contributed by atoms with E-state index in [0.29, 0.717) is 28.0 Å². The molecule has 0 amide bonds. The highest BCUT2D eigenvalue weighted by Crippen LogP contribution is 2.66. The highest BCUT2D eigenvalue weighted by atomic mass is 35.5. The Hall–Kier alpha value is -1.84. The van der Waals surface area contributed by atoms with Crippen LogP contribution in [-0.4, -0.2) is 10.1 Å². The van der Waals surface area contributed by atoms with Crippen molar-refractivity contribution in [1.29, 1.82) is 0 Å². The van der Waals surface area contributed by atoms with E-state index in [1.54, 1.807) is 12.1 Å². The molecule has 1 N–H and O–H groups in total. The van der Waals surface area contributed by atoms with Crippen LogP contribution in [0.25, 0.3) is 10.9 Å². The van der Waals surface area contributed by atoms with Gasteiger partial charge in [-0.3, -0.25) is 0 Å². The van der Waals surface area contributed by atoms with E-state index in [1.807, 2.05) is 0 Å². The summed E-state index contributed by atoms with van der Waals surface area (Å²) in [5, 5.41) is 5.80. The lowest BCUT2D eigenvalue weighted by Gasteiger charge is -2.65. The Bertz CT molecular complexity index is 1160. The monoisotopic (exact) mass is 450 g/mol. The summed E-state index contributed by atoms with van der Waals surface area (Å²) in [4.78, 5) is 0. The fourth-order valence-corrected chi connectivity index (χ4v) is 8.60. The van der Waals surface area contributed by atoms with Crippen LogP contribution >= 0.6 is 11.6 Å². The molecule has 0 aliphatic heterocycles. The van der Waals surface area contributed by atoms with Crippen LogP contribution in [0.5, 0.6) is 0 Å². The molecule has 4 saturated carbocycles. The molecule has 4 atom stereocenters. The van der Waals surface area contributed by atoms with Gasteiger partial charge in [0, 0.05) is 39.8 Å². The van der Waals surface area contributed by atoms with Gasteiger partial charge in [0.2, 0.25) is 0 Å². The highest BCUT2D eigenvalue weighted by Gasteiger charge is 2.59. The summed E-state index contributed by atoms with van der Waals surface area (Å²) in [5.74, 6) is 0.628. The van der Waals surface area contributed by atoms with Crippen LogP contribution in [0.2, 0.25) is 5.02 Å². The number of fused-ring (bicyclic) bond motifs is 1. The molecule has 1 heterocycles. The van der Waals surface area contributed by atoms with Crippen molar-refractivity contribution in [3.63, 3.8) is 0 Å². The summed E-state index contributed by atoms with van der Waals surface area (Å²) in [7, 11) is 0. The Kier molecular flexibility index (Phi) is 4.59. The van der Waals surface area contributed by atoms with Crippen molar-refractivity contribution < 1.29 is 4.39 Å². The molecule has 3 aromatic rings. The SMILES string of the molecule is C[C@]12CC3CC(NCc4cn(Cc5c(F)cccc5Cl)c5ccccc45)(C1)C[C@@](C)(C3)C2. The number of rotatable bonds is 5. The van der Waals surface area contributed by atoms with Gasteiger partial charge in [-0.15, -0.1) is 0 Å². The second kappa shape index (κ2) is 7.08. The number of aromatic nitrogens is 1. The standard InChI is InChI=1S/C28H32ClFN2/c1-26-10-19-11-27(2,16-26)18-28(12-19,17-26)31-13-20-14-32(25-9-4-3-6-21(20)25)15-22-23(29)7-5-8-24(22)30/h3-9,14,19,31H,10-13,15-18H2,1-2H3/t19?,26-,27+,28?. The number of hydrogen-bond acceptors (Lipinski definition) is 1. The molecule has 168 valence electrons. The van der Waals surface area contributed by atoms with Crippen molar-refractivity contribution in [2.75, 3.05) is 0 Å². The summed E-state index contributed by atoms with van der Waals surface area (Å²) in [6.07, 6.45) is 10.3. The van der Waals surface area contributed by atoms with Crippen LogP contribution in [0.4, 0.5) is 4.39 Å². The average Bonchev–Trinajstić information content (AvgIpc) is 3.05. The Morgan fingerprint density at radius 2 is 1.75 bits per heavy atom. The molecule has 2 unspecified atom stereocenters. The highest BCUT2D eigenvalue weighted by molar-refractivity contribution is 6.31. The number of nitrogens with one attached hydrogen (secondary N) is 1. The molecule has 0 saturated heterocycles. The third-order valence-corrected chi connectivity index (χ3v) is 8.90. The summed E-state index contributed by atoms with van der Waals surface area (Å²) in [6, 6.07) is 13.4. The van der Waals surface area contributed by atoms with Crippen molar-refractivity contribution in [3.8, 4) is 0 Å². The number of nitrogens with zero attached hydrogens (tertiary/aromatic N) is 1. The van der Waals surface area contributed by atoms with Crippen LogP contribution in [-0.2, 0) is 13.1 Å². The molecule has 2 aromatic carbocycles. The molecule has 0 radical (unpaired) electrons. The van der Waals surface area contributed by atoms with Gasteiger partial charge < -0.3 is 9.88 Å². The zero-order chi connectivity index (χ0) is 22.1. The largest absolute Gasteiger partial charge is 0.343 e. The maximum Gasteiger partial charge on any atom is 0.129 e. The quantitative estimate of drug-likeness (QED) is 0.430. The summed E-state index contributed by atoms with van der Waals surface area (Å²) < 4.78 is 16.6. The van der Waals surface area contributed by atoms with Gasteiger partial charge in [-0.05, 0) is 79.0 Å².